The van der Waals surface area contributed by atoms with E-state index in [9.17, 15) is 0 Å². The molecule has 0 saturated carbocycles. The maximum atomic E-state index is 4.82. The normalized spacial score (nSPS) is 16.0. The van der Waals surface area contributed by atoms with Crippen LogP contribution in [-0.2, 0) is 19.4 Å². The standard InChI is InChI=1S/C21H31N5S/c1-4-22-21(23-11-9-20-24-14-17(3)27-20)25-13-16(2)26-12-10-18-7-5-6-8-19(18)15-26/h5-8,14,16H,4,9-13,15H2,1-3H3,(H2,22,23,25). The monoisotopic (exact) mass is 385 g/mol. The van der Waals surface area contributed by atoms with Crippen LogP contribution < -0.4 is 10.6 Å². The molecule has 1 aromatic heterocycles. The van der Waals surface area contributed by atoms with Gasteiger partial charge < -0.3 is 10.6 Å². The summed E-state index contributed by atoms with van der Waals surface area (Å²) in [6.07, 6.45) is 4.01. The van der Waals surface area contributed by atoms with Gasteiger partial charge in [-0.25, -0.2) is 4.98 Å². The molecular weight excluding hydrogens is 354 g/mol. The lowest BCUT2D eigenvalue weighted by Gasteiger charge is -2.33. The minimum atomic E-state index is 0.426. The molecule has 1 atom stereocenters. The highest BCUT2D eigenvalue weighted by Gasteiger charge is 2.20. The molecule has 1 aromatic carbocycles. The molecular formula is C21H31N5S. The van der Waals surface area contributed by atoms with Crippen LogP contribution in [0.5, 0.6) is 0 Å². The highest BCUT2D eigenvalue weighted by Crippen LogP contribution is 2.20. The van der Waals surface area contributed by atoms with E-state index in [0.717, 1.165) is 51.5 Å². The number of benzene rings is 1. The number of thiazole rings is 1. The molecule has 0 fully saturated rings. The van der Waals surface area contributed by atoms with Crippen molar-refractivity contribution in [3.05, 3.63) is 51.5 Å². The second kappa shape index (κ2) is 9.85. The highest BCUT2D eigenvalue weighted by molar-refractivity contribution is 7.11. The smallest absolute Gasteiger partial charge is 0.191 e. The summed E-state index contributed by atoms with van der Waals surface area (Å²) in [5, 5.41) is 7.97. The molecule has 0 saturated heterocycles. The van der Waals surface area contributed by atoms with Crippen LogP contribution in [0.15, 0.2) is 35.5 Å². The zero-order valence-corrected chi connectivity index (χ0v) is 17.5. The zero-order valence-electron chi connectivity index (χ0n) is 16.7. The van der Waals surface area contributed by atoms with Crippen LogP contribution >= 0.6 is 11.3 Å². The fourth-order valence-corrected chi connectivity index (χ4v) is 4.17. The van der Waals surface area contributed by atoms with E-state index in [1.165, 1.54) is 21.0 Å². The van der Waals surface area contributed by atoms with Crippen molar-refractivity contribution < 1.29 is 0 Å². The van der Waals surface area contributed by atoms with Gasteiger partial charge in [0, 0.05) is 49.7 Å². The van der Waals surface area contributed by atoms with Crippen LogP contribution in [0, 0.1) is 6.92 Å². The van der Waals surface area contributed by atoms with Gasteiger partial charge in [0.25, 0.3) is 0 Å². The zero-order chi connectivity index (χ0) is 19.1. The molecule has 27 heavy (non-hydrogen) atoms. The summed E-state index contributed by atoms with van der Waals surface area (Å²) in [5.74, 6) is 0.898. The van der Waals surface area contributed by atoms with E-state index in [1.54, 1.807) is 11.3 Å². The lowest BCUT2D eigenvalue weighted by atomic mass is 9.99. The van der Waals surface area contributed by atoms with E-state index >= 15 is 0 Å². The van der Waals surface area contributed by atoms with Gasteiger partial charge in [0.1, 0.15) is 0 Å². The van der Waals surface area contributed by atoms with E-state index < -0.39 is 0 Å². The van der Waals surface area contributed by atoms with Gasteiger partial charge >= 0.3 is 0 Å². The molecule has 0 aliphatic carbocycles. The number of guanidine groups is 1. The summed E-state index contributed by atoms with van der Waals surface area (Å²) >= 11 is 1.77. The summed E-state index contributed by atoms with van der Waals surface area (Å²) in [6.45, 7) is 11.1. The molecule has 2 heterocycles. The number of nitrogens with zero attached hydrogens (tertiary/aromatic N) is 3. The van der Waals surface area contributed by atoms with Crippen molar-refractivity contribution in [1.82, 2.24) is 20.5 Å². The van der Waals surface area contributed by atoms with Crippen LogP contribution in [0.4, 0.5) is 0 Å². The number of rotatable bonds is 7. The first-order valence-corrected chi connectivity index (χ1v) is 10.7. The second-order valence-electron chi connectivity index (χ2n) is 7.10. The van der Waals surface area contributed by atoms with E-state index in [0.29, 0.717) is 6.04 Å². The molecule has 0 spiro atoms. The molecule has 6 heteroatoms. The summed E-state index contributed by atoms with van der Waals surface area (Å²) in [5.41, 5.74) is 2.96. The summed E-state index contributed by atoms with van der Waals surface area (Å²) < 4.78 is 0. The Labute approximate surface area is 166 Å². The SMILES string of the molecule is CCNC(=NCC(C)N1CCc2ccccc2C1)NCCc1ncc(C)s1. The Bertz CT molecular complexity index is 755. The maximum Gasteiger partial charge on any atom is 0.191 e. The Morgan fingerprint density at radius 2 is 2.11 bits per heavy atom. The molecule has 1 aliphatic rings. The second-order valence-corrected chi connectivity index (χ2v) is 8.42. The molecule has 2 aromatic rings. The largest absolute Gasteiger partial charge is 0.357 e. The van der Waals surface area contributed by atoms with Crippen molar-refractivity contribution >= 4 is 17.3 Å². The average molecular weight is 386 g/mol. The number of hydrogen-bond donors (Lipinski definition) is 2. The molecule has 2 N–H and O–H groups in total. The first-order chi connectivity index (χ1) is 13.2. The quantitative estimate of drug-likeness (QED) is 0.568. The Kier molecular flexibility index (Phi) is 7.24. The number of aryl methyl sites for hydroxylation is 1. The molecule has 0 bridgehead atoms. The molecule has 0 radical (unpaired) electrons. The molecule has 1 aliphatic heterocycles. The third-order valence-electron chi connectivity index (χ3n) is 4.94. The predicted molar refractivity (Wildman–Crippen MR) is 115 cm³/mol. The van der Waals surface area contributed by atoms with Gasteiger partial charge in [-0.05, 0) is 38.3 Å². The number of aromatic nitrogens is 1. The summed E-state index contributed by atoms with van der Waals surface area (Å²) in [7, 11) is 0. The van der Waals surface area contributed by atoms with E-state index in [2.05, 4.69) is 65.6 Å². The number of nitrogens with one attached hydrogen (secondary N) is 2. The van der Waals surface area contributed by atoms with Crippen molar-refractivity contribution in [2.75, 3.05) is 26.2 Å². The fraction of sp³-hybridized carbons (Fsp3) is 0.524. The Morgan fingerprint density at radius 1 is 1.30 bits per heavy atom. The van der Waals surface area contributed by atoms with Crippen LogP contribution in [0.25, 0.3) is 0 Å². The van der Waals surface area contributed by atoms with Gasteiger partial charge in [-0.1, -0.05) is 24.3 Å². The van der Waals surface area contributed by atoms with Crippen LogP contribution in [-0.4, -0.2) is 48.1 Å². The van der Waals surface area contributed by atoms with Gasteiger partial charge in [0.2, 0.25) is 0 Å². The van der Waals surface area contributed by atoms with Gasteiger partial charge in [-0.3, -0.25) is 9.89 Å². The first-order valence-electron chi connectivity index (χ1n) is 9.90. The van der Waals surface area contributed by atoms with Gasteiger partial charge in [-0.15, -0.1) is 11.3 Å². The van der Waals surface area contributed by atoms with Crippen molar-refractivity contribution in [3.8, 4) is 0 Å². The predicted octanol–water partition coefficient (Wildman–Crippen LogP) is 3.00. The lowest BCUT2D eigenvalue weighted by molar-refractivity contribution is 0.195. The molecule has 3 rings (SSSR count). The summed E-state index contributed by atoms with van der Waals surface area (Å²) in [4.78, 5) is 13.0. The highest BCUT2D eigenvalue weighted by atomic mass is 32.1. The summed E-state index contributed by atoms with van der Waals surface area (Å²) in [6, 6.07) is 9.22. The van der Waals surface area contributed by atoms with Crippen molar-refractivity contribution in [1.29, 1.82) is 0 Å². The van der Waals surface area contributed by atoms with E-state index in [4.69, 9.17) is 4.99 Å². The van der Waals surface area contributed by atoms with E-state index in [-0.39, 0.29) is 0 Å². The molecule has 146 valence electrons. The first kappa shape index (κ1) is 19.8. The topological polar surface area (TPSA) is 52.6 Å². The lowest BCUT2D eigenvalue weighted by Crippen LogP contribution is -2.42. The van der Waals surface area contributed by atoms with Crippen molar-refractivity contribution in [3.63, 3.8) is 0 Å². The van der Waals surface area contributed by atoms with Gasteiger partial charge in [0.15, 0.2) is 5.96 Å². The van der Waals surface area contributed by atoms with Gasteiger partial charge in [0.05, 0.1) is 11.6 Å². The minimum absolute atomic E-state index is 0.426. The maximum absolute atomic E-state index is 4.82. The molecule has 1 unspecified atom stereocenters. The van der Waals surface area contributed by atoms with Gasteiger partial charge in [-0.2, -0.15) is 0 Å². The average Bonchev–Trinajstić information content (AvgIpc) is 3.10. The third kappa shape index (κ3) is 5.78. The Morgan fingerprint density at radius 3 is 2.85 bits per heavy atom. The van der Waals surface area contributed by atoms with Crippen LogP contribution in [0.3, 0.4) is 0 Å². The Hall–Kier alpha value is -1.92. The minimum Gasteiger partial charge on any atom is -0.357 e. The Balaban J connectivity index is 1.50. The van der Waals surface area contributed by atoms with Crippen molar-refractivity contribution in [2.45, 2.75) is 46.2 Å². The fourth-order valence-electron chi connectivity index (χ4n) is 3.38. The third-order valence-corrected chi connectivity index (χ3v) is 5.91. The number of aliphatic imine (C=N–C) groups is 1. The van der Waals surface area contributed by atoms with Crippen molar-refractivity contribution in [2.24, 2.45) is 4.99 Å². The molecule has 0 amide bonds. The van der Waals surface area contributed by atoms with Crippen LogP contribution in [0.1, 0.15) is 34.9 Å². The number of fused-ring (bicyclic) bond motifs is 1. The van der Waals surface area contributed by atoms with E-state index in [1.807, 2.05) is 6.20 Å². The van der Waals surface area contributed by atoms with Crippen LogP contribution in [0.2, 0.25) is 0 Å². The molecule has 5 nitrogen and oxygen atoms in total. The number of hydrogen-bond acceptors (Lipinski definition) is 4.